The molecule has 1 N–H and O–H groups in total. The number of rotatable bonds is 4. The van der Waals surface area contributed by atoms with E-state index in [9.17, 15) is 0 Å². The van der Waals surface area contributed by atoms with Gasteiger partial charge in [0.25, 0.3) is 0 Å². The third-order valence-corrected chi connectivity index (χ3v) is 5.92. The molecule has 0 aromatic heterocycles. The van der Waals surface area contributed by atoms with Crippen molar-refractivity contribution in [1.29, 1.82) is 0 Å². The highest BCUT2D eigenvalue weighted by Gasteiger charge is 2.25. The lowest BCUT2D eigenvalue weighted by atomic mass is 9.86. The molecule has 1 saturated carbocycles. The van der Waals surface area contributed by atoms with Crippen LogP contribution in [0.5, 0.6) is 0 Å². The summed E-state index contributed by atoms with van der Waals surface area (Å²) in [6.45, 7) is 9.12. The first kappa shape index (κ1) is 16.9. The summed E-state index contributed by atoms with van der Waals surface area (Å²) >= 11 is 2.03. The van der Waals surface area contributed by atoms with E-state index < -0.39 is 0 Å². The fourth-order valence-corrected chi connectivity index (χ4v) is 4.20. The molecular formula is C19H31NS. The van der Waals surface area contributed by atoms with Crippen molar-refractivity contribution in [1.82, 2.24) is 5.32 Å². The Morgan fingerprint density at radius 1 is 1.10 bits per heavy atom. The molecule has 0 amide bonds. The Morgan fingerprint density at radius 3 is 2.29 bits per heavy atom. The maximum atomic E-state index is 3.87. The van der Waals surface area contributed by atoms with Gasteiger partial charge in [0.2, 0.25) is 0 Å². The monoisotopic (exact) mass is 305 g/mol. The zero-order valence-electron chi connectivity index (χ0n) is 14.3. The second-order valence-electron chi connectivity index (χ2n) is 7.43. The molecule has 0 saturated heterocycles. The number of benzene rings is 1. The van der Waals surface area contributed by atoms with Crippen molar-refractivity contribution in [2.24, 2.45) is 0 Å². The van der Waals surface area contributed by atoms with Crippen LogP contribution in [0.4, 0.5) is 0 Å². The molecule has 2 rings (SSSR count). The smallest absolute Gasteiger partial charge is 0.0294 e. The molecule has 3 atom stereocenters. The first-order chi connectivity index (χ1) is 9.91. The maximum absolute atomic E-state index is 3.87. The molecule has 1 aliphatic carbocycles. The molecule has 118 valence electrons. The van der Waals surface area contributed by atoms with Gasteiger partial charge in [-0.2, -0.15) is 11.8 Å². The van der Waals surface area contributed by atoms with Crippen molar-refractivity contribution in [3.63, 3.8) is 0 Å². The molecule has 1 nitrogen and oxygen atoms in total. The highest BCUT2D eigenvalue weighted by atomic mass is 32.2. The van der Waals surface area contributed by atoms with Crippen LogP contribution >= 0.6 is 11.8 Å². The lowest BCUT2D eigenvalue weighted by Gasteiger charge is -2.33. The van der Waals surface area contributed by atoms with E-state index in [4.69, 9.17) is 0 Å². The van der Waals surface area contributed by atoms with Crippen LogP contribution in [-0.4, -0.2) is 17.5 Å². The molecule has 1 aliphatic rings. The lowest BCUT2D eigenvalue weighted by Crippen LogP contribution is -2.41. The van der Waals surface area contributed by atoms with Gasteiger partial charge in [0, 0.05) is 17.3 Å². The molecule has 1 aromatic rings. The van der Waals surface area contributed by atoms with Crippen LogP contribution in [0, 0.1) is 0 Å². The van der Waals surface area contributed by atoms with Crippen molar-refractivity contribution >= 4 is 11.8 Å². The zero-order chi connectivity index (χ0) is 15.5. The summed E-state index contributed by atoms with van der Waals surface area (Å²) in [7, 11) is 0. The Kier molecular flexibility index (Phi) is 5.79. The van der Waals surface area contributed by atoms with E-state index in [1.165, 1.54) is 36.8 Å². The molecule has 0 radical (unpaired) electrons. The molecule has 21 heavy (non-hydrogen) atoms. The lowest BCUT2D eigenvalue weighted by molar-refractivity contribution is 0.356. The normalized spacial score (nSPS) is 24.8. The van der Waals surface area contributed by atoms with Crippen molar-refractivity contribution in [2.45, 2.75) is 76.1 Å². The number of hydrogen-bond acceptors (Lipinski definition) is 2. The Bertz CT molecular complexity index is 432. The Hall–Kier alpha value is -0.470. The van der Waals surface area contributed by atoms with Gasteiger partial charge in [-0.15, -0.1) is 0 Å². The van der Waals surface area contributed by atoms with Gasteiger partial charge in [0.15, 0.2) is 0 Å². The summed E-state index contributed by atoms with van der Waals surface area (Å²) < 4.78 is 0. The Labute approximate surface area is 135 Å². The van der Waals surface area contributed by atoms with Gasteiger partial charge in [-0.05, 0) is 42.6 Å². The van der Waals surface area contributed by atoms with E-state index in [-0.39, 0.29) is 5.41 Å². The molecule has 1 fully saturated rings. The van der Waals surface area contributed by atoms with Crippen LogP contribution in [-0.2, 0) is 5.41 Å². The molecule has 1 aromatic carbocycles. The Morgan fingerprint density at radius 2 is 1.71 bits per heavy atom. The summed E-state index contributed by atoms with van der Waals surface area (Å²) in [6.07, 6.45) is 7.74. The highest BCUT2D eigenvalue weighted by Crippen LogP contribution is 2.29. The van der Waals surface area contributed by atoms with Gasteiger partial charge in [-0.1, -0.05) is 57.9 Å². The van der Waals surface area contributed by atoms with Gasteiger partial charge < -0.3 is 5.32 Å². The number of hydrogen-bond donors (Lipinski definition) is 1. The summed E-state index contributed by atoms with van der Waals surface area (Å²) in [4.78, 5) is 0. The average Bonchev–Trinajstić information content (AvgIpc) is 2.47. The van der Waals surface area contributed by atoms with Crippen molar-refractivity contribution in [2.75, 3.05) is 6.26 Å². The molecule has 0 aliphatic heterocycles. The summed E-state index contributed by atoms with van der Waals surface area (Å²) in [6, 6.07) is 10.3. The molecule has 0 spiro atoms. The SMILES string of the molecule is CSC1CCCCC1NC(C)c1ccc(C(C)(C)C)cc1. The van der Waals surface area contributed by atoms with Crippen molar-refractivity contribution in [3.8, 4) is 0 Å². The van der Waals surface area contributed by atoms with E-state index >= 15 is 0 Å². The average molecular weight is 306 g/mol. The topological polar surface area (TPSA) is 12.0 Å². The summed E-state index contributed by atoms with van der Waals surface area (Å²) in [5.74, 6) is 0. The molecule has 0 bridgehead atoms. The highest BCUT2D eigenvalue weighted by molar-refractivity contribution is 7.99. The Balaban J connectivity index is 2.01. The summed E-state index contributed by atoms with van der Waals surface area (Å²) in [5, 5.41) is 4.66. The fourth-order valence-electron chi connectivity index (χ4n) is 3.26. The third-order valence-electron chi connectivity index (χ3n) is 4.75. The van der Waals surface area contributed by atoms with Crippen LogP contribution in [0.25, 0.3) is 0 Å². The van der Waals surface area contributed by atoms with E-state index in [2.05, 4.69) is 63.5 Å². The first-order valence-electron chi connectivity index (χ1n) is 8.31. The van der Waals surface area contributed by atoms with Gasteiger partial charge in [-0.25, -0.2) is 0 Å². The minimum atomic E-state index is 0.239. The second-order valence-corrected chi connectivity index (χ2v) is 8.50. The third kappa shape index (κ3) is 4.50. The number of nitrogens with one attached hydrogen (secondary N) is 1. The van der Waals surface area contributed by atoms with Gasteiger partial charge in [0.1, 0.15) is 0 Å². The van der Waals surface area contributed by atoms with Crippen LogP contribution < -0.4 is 5.32 Å². The van der Waals surface area contributed by atoms with Crippen LogP contribution in [0.2, 0.25) is 0 Å². The fraction of sp³-hybridized carbons (Fsp3) is 0.684. The summed E-state index contributed by atoms with van der Waals surface area (Å²) in [5.41, 5.74) is 3.06. The first-order valence-corrected chi connectivity index (χ1v) is 9.60. The second kappa shape index (κ2) is 7.19. The van der Waals surface area contributed by atoms with Crippen LogP contribution in [0.3, 0.4) is 0 Å². The predicted octanol–water partition coefficient (Wildman–Crippen LogP) is 5.31. The van der Waals surface area contributed by atoms with Gasteiger partial charge >= 0.3 is 0 Å². The molecule has 0 heterocycles. The van der Waals surface area contributed by atoms with Gasteiger partial charge in [-0.3, -0.25) is 0 Å². The van der Waals surface area contributed by atoms with Gasteiger partial charge in [0.05, 0.1) is 0 Å². The quantitative estimate of drug-likeness (QED) is 0.809. The van der Waals surface area contributed by atoms with E-state index in [1.807, 2.05) is 11.8 Å². The van der Waals surface area contributed by atoms with Crippen molar-refractivity contribution in [3.05, 3.63) is 35.4 Å². The standard InChI is InChI=1S/C19H31NS/c1-14(20-17-8-6-7-9-18(17)21-5)15-10-12-16(13-11-15)19(2,3)4/h10-14,17-18,20H,6-9H2,1-5H3. The van der Waals surface area contributed by atoms with E-state index in [0.717, 1.165) is 5.25 Å². The predicted molar refractivity (Wildman–Crippen MR) is 96.3 cm³/mol. The maximum Gasteiger partial charge on any atom is 0.0294 e. The molecular weight excluding hydrogens is 274 g/mol. The van der Waals surface area contributed by atoms with Crippen LogP contribution in [0.15, 0.2) is 24.3 Å². The largest absolute Gasteiger partial charge is 0.306 e. The van der Waals surface area contributed by atoms with Crippen molar-refractivity contribution < 1.29 is 0 Å². The molecule has 3 unspecified atom stereocenters. The van der Waals surface area contributed by atoms with E-state index in [1.54, 1.807) is 0 Å². The van der Waals surface area contributed by atoms with E-state index in [0.29, 0.717) is 12.1 Å². The minimum Gasteiger partial charge on any atom is -0.306 e. The zero-order valence-corrected chi connectivity index (χ0v) is 15.1. The number of thioether (sulfide) groups is 1. The minimum absolute atomic E-state index is 0.239. The van der Waals surface area contributed by atoms with Crippen LogP contribution in [0.1, 0.15) is 70.5 Å². The molecule has 2 heteroatoms.